The van der Waals surface area contributed by atoms with Gasteiger partial charge in [0.05, 0.1) is 6.42 Å². The first kappa shape index (κ1) is 16.1. The molecule has 0 spiro atoms. The molecule has 0 aliphatic carbocycles. The Morgan fingerprint density at radius 1 is 1.33 bits per heavy atom. The number of aromatic nitrogens is 3. The highest BCUT2D eigenvalue weighted by atomic mass is 19.1. The van der Waals surface area contributed by atoms with Crippen LogP contribution >= 0.6 is 0 Å². The Kier molecular flexibility index (Phi) is 4.28. The molecule has 0 saturated carbocycles. The molecule has 7 nitrogen and oxygen atoms in total. The van der Waals surface area contributed by atoms with Crippen molar-refractivity contribution in [3.8, 4) is 0 Å². The second kappa shape index (κ2) is 6.38. The van der Waals surface area contributed by atoms with Crippen LogP contribution in [0.25, 0.3) is 0 Å². The molecule has 126 valence electrons. The zero-order valence-electron chi connectivity index (χ0n) is 13.5. The molecule has 1 unspecified atom stereocenters. The maximum Gasteiger partial charge on any atom is 0.250 e. The average molecular weight is 331 g/mol. The van der Waals surface area contributed by atoms with E-state index in [-0.39, 0.29) is 18.2 Å². The van der Waals surface area contributed by atoms with E-state index in [1.165, 1.54) is 24.1 Å². The number of hydrogen-bond acceptors (Lipinski definition) is 4. The van der Waals surface area contributed by atoms with Gasteiger partial charge in [0.1, 0.15) is 11.6 Å². The summed E-state index contributed by atoms with van der Waals surface area (Å²) in [6.45, 7) is 2.70. The number of carbonyl (C=O) groups is 2. The van der Waals surface area contributed by atoms with E-state index in [1.54, 1.807) is 12.1 Å². The van der Waals surface area contributed by atoms with Crippen LogP contribution in [0.2, 0.25) is 0 Å². The molecule has 2 aromatic rings. The molecule has 3 rings (SSSR count). The lowest BCUT2D eigenvalue weighted by atomic mass is 10.1. The fraction of sp³-hybridized carbons (Fsp3) is 0.375. The van der Waals surface area contributed by atoms with E-state index in [0.29, 0.717) is 30.3 Å². The predicted octanol–water partition coefficient (Wildman–Crippen LogP) is 0.598. The Bertz CT molecular complexity index is 789. The van der Waals surface area contributed by atoms with Crippen LogP contribution in [0.4, 0.5) is 4.39 Å². The second-order valence-electron chi connectivity index (χ2n) is 5.67. The molecule has 0 bridgehead atoms. The Balaban J connectivity index is 1.88. The SMILES string of the molecule is CNC(=O)C1c2nnc(C)n2CCN1C(=O)Cc1cccc(F)c1. The minimum atomic E-state index is -0.828. The zero-order valence-corrected chi connectivity index (χ0v) is 13.5. The summed E-state index contributed by atoms with van der Waals surface area (Å²) < 4.78 is 15.1. The van der Waals surface area contributed by atoms with Gasteiger partial charge in [0.2, 0.25) is 5.91 Å². The van der Waals surface area contributed by atoms with Gasteiger partial charge in [-0.1, -0.05) is 12.1 Å². The van der Waals surface area contributed by atoms with Crippen LogP contribution in [0.1, 0.15) is 23.3 Å². The van der Waals surface area contributed by atoms with Crippen molar-refractivity contribution >= 4 is 11.8 Å². The summed E-state index contributed by atoms with van der Waals surface area (Å²) in [5, 5.41) is 10.6. The van der Waals surface area contributed by atoms with Crippen LogP contribution in [-0.4, -0.2) is 45.1 Å². The van der Waals surface area contributed by atoms with E-state index >= 15 is 0 Å². The summed E-state index contributed by atoms with van der Waals surface area (Å²) >= 11 is 0. The molecule has 0 fully saturated rings. The van der Waals surface area contributed by atoms with Gasteiger partial charge in [-0.25, -0.2) is 4.39 Å². The third-order valence-electron chi connectivity index (χ3n) is 4.14. The van der Waals surface area contributed by atoms with Gasteiger partial charge in [-0.15, -0.1) is 10.2 Å². The number of rotatable bonds is 3. The molecule has 1 atom stereocenters. The topological polar surface area (TPSA) is 80.1 Å². The summed E-state index contributed by atoms with van der Waals surface area (Å²) in [5.41, 5.74) is 0.568. The van der Waals surface area contributed by atoms with E-state index in [4.69, 9.17) is 0 Å². The quantitative estimate of drug-likeness (QED) is 0.893. The zero-order chi connectivity index (χ0) is 17.3. The van der Waals surface area contributed by atoms with Gasteiger partial charge in [-0.2, -0.15) is 0 Å². The Labute approximate surface area is 138 Å². The fourth-order valence-corrected chi connectivity index (χ4v) is 2.94. The molecular formula is C16H18FN5O2. The fourth-order valence-electron chi connectivity index (χ4n) is 2.94. The van der Waals surface area contributed by atoms with E-state index in [1.807, 2.05) is 11.5 Å². The van der Waals surface area contributed by atoms with Crippen molar-refractivity contribution in [3.63, 3.8) is 0 Å². The normalized spacial score (nSPS) is 16.6. The third-order valence-corrected chi connectivity index (χ3v) is 4.14. The largest absolute Gasteiger partial charge is 0.357 e. The Hall–Kier alpha value is -2.77. The first-order valence-electron chi connectivity index (χ1n) is 7.66. The van der Waals surface area contributed by atoms with Crippen molar-refractivity contribution in [3.05, 3.63) is 47.3 Å². The molecular weight excluding hydrogens is 313 g/mol. The van der Waals surface area contributed by atoms with E-state index in [0.717, 1.165) is 0 Å². The standard InChI is InChI=1S/C16H18FN5O2/c1-10-19-20-15-14(16(24)18-2)22(7-6-21(10)15)13(23)9-11-4-3-5-12(17)8-11/h3-5,8,14H,6-7,9H2,1-2H3,(H,18,24). The van der Waals surface area contributed by atoms with Crippen LogP contribution in [0.5, 0.6) is 0 Å². The lowest BCUT2D eigenvalue weighted by Gasteiger charge is -2.34. The lowest BCUT2D eigenvalue weighted by molar-refractivity contribution is -0.141. The van der Waals surface area contributed by atoms with Gasteiger partial charge in [0.25, 0.3) is 5.91 Å². The number of nitrogens with zero attached hydrogens (tertiary/aromatic N) is 4. The molecule has 1 aromatic carbocycles. The number of benzene rings is 1. The molecule has 1 N–H and O–H groups in total. The van der Waals surface area contributed by atoms with Crippen LogP contribution in [-0.2, 0) is 22.6 Å². The van der Waals surface area contributed by atoms with Crippen LogP contribution in [0, 0.1) is 12.7 Å². The number of halogens is 1. The number of amides is 2. The Morgan fingerprint density at radius 2 is 2.12 bits per heavy atom. The summed E-state index contributed by atoms with van der Waals surface area (Å²) in [5.74, 6) is 0.191. The Morgan fingerprint density at radius 3 is 2.83 bits per heavy atom. The highest BCUT2D eigenvalue weighted by Gasteiger charge is 2.38. The van der Waals surface area contributed by atoms with E-state index < -0.39 is 11.9 Å². The highest BCUT2D eigenvalue weighted by Crippen LogP contribution is 2.25. The van der Waals surface area contributed by atoms with Crippen LogP contribution in [0.15, 0.2) is 24.3 Å². The lowest BCUT2D eigenvalue weighted by Crippen LogP contribution is -2.49. The van der Waals surface area contributed by atoms with Crippen LogP contribution < -0.4 is 5.32 Å². The summed E-state index contributed by atoms with van der Waals surface area (Å²) in [6.07, 6.45) is 0.0262. The number of hydrogen-bond donors (Lipinski definition) is 1. The summed E-state index contributed by atoms with van der Waals surface area (Å²) in [6, 6.07) is 5.07. The van der Waals surface area contributed by atoms with Crippen molar-refractivity contribution in [2.75, 3.05) is 13.6 Å². The maximum atomic E-state index is 13.3. The molecule has 1 aliphatic rings. The molecule has 2 amide bonds. The summed E-state index contributed by atoms with van der Waals surface area (Å²) in [7, 11) is 1.51. The molecule has 0 radical (unpaired) electrons. The van der Waals surface area contributed by atoms with Crippen molar-refractivity contribution in [2.24, 2.45) is 0 Å². The third kappa shape index (κ3) is 2.86. The van der Waals surface area contributed by atoms with Crippen LogP contribution in [0.3, 0.4) is 0 Å². The number of aryl methyl sites for hydroxylation is 1. The number of fused-ring (bicyclic) bond motifs is 1. The highest BCUT2D eigenvalue weighted by molar-refractivity contribution is 5.89. The molecule has 1 aromatic heterocycles. The van der Waals surface area contributed by atoms with Gasteiger partial charge >= 0.3 is 0 Å². The van der Waals surface area contributed by atoms with E-state index in [9.17, 15) is 14.0 Å². The molecule has 2 heterocycles. The number of likely N-dealkylation sites (N-methyl/N-ethyl adjacent to an activating group) is 1. The molecule has 24 heavy (non-hydrogen) atoms. The van der Waals surface area contributed by atoms with E-state index in [2.05, 4.69) is 15.5 Å². The van der Waals surface area contributed by atoms with Crippen molar-refractivity contribution in [1.29, 1.82) is 0 Å². The smallest absolute Gasteiger partial charge is 0.250 e. The first-order valence-corrected chi connectivity index (χ1v) is 7.66. The average Bonchev–Trinajstić information content (AvgIpc) is 2.94. The van der Waals surface area contributed by atoms with Gasteiger partial charge in [0, 0.05) is 20.1 Å². The monoisotopic (exact) mass is 331 g/mol. The minimum Gasteiger partial charge on any atom is -0.357 e. The van der Waals surface area contributed by atoms with Crippen molar-refractivity contribution in [2.45, 2.75) is 25.9 Å². The second-order valence-corrected chi connectivity index (χ2v) is 5.67. The van der Waals surface area contributed by atoms with Gasteiger partial charge in [0.15, 0.2) is 11.9 Å². The predicted molar refractivity (Wildman–Crippen MR) is 83.4 cm³/mol. The van der Waals surface area contributed by atoms with Gasteiger partial charge in [-0.05, 0) is 24.6 Å². The van der Waals surface area contributed by atoms with Crippen molar-refractivity contribution in [1.82, 2.24) is 25.0 Å². The maximum absolute atomic E-state index is 13.3. The number of carbonyl (C=O) groups excluding carboxylic acids is 2. The van der Waals surface area contributed by atoms with Gasteiger partial charge < -0.3 is 14.8 Å². The summed E-state index contributed by atoms with van der Waals surface area (Å²) in [4.78, 5) is 26.5. The number of nitrogens with one attached hydrogen (secondary N) is 1. The van der Waals surface area contributed by atoms with Gasteiger partial charge in [-0.3, -0.25) is 9.59 Å². The molecule has 8 heteroatoms. The van der Waals surface area contributed by atoms with Crippen molar-refractivity contribution < 1.29 is 14.0 Å². The first-order chi connectivity index (χ1) is 11.5. The minimum absolute atomic E-state index is 0.0262. The molecule has 1 aliphatic heterocycles. The molecule has 0 saturated heterocycles.